The Balaban J connectivity index is 2.90. The Morgan fingerprint density at radius 3 is 3.00 bits per heavy atom. The maximum absolute atomic E-state index is 13.4. The van der Waals surface area contributed by atoms with Crippen LogP contribution in [0, 0.1) is 5.82 Å². The Morgan fingerprint density at radius 1 is 1.64 bits per heavy atom. The average molecular weight is 257 g/mol. The van der Waals surface area contributed by atoms with Gasteiger partial charge in [0.2, 0.25) is 0 Å². The van der Waals surface area contributed by atoms with Crippen LogP contribution in [-0.4, -0.2) is 15.8 Å². The molecule has 72 valence electrons. The molecule has 0 unspecified atom stereocenters. The molecule has 1 N–H and O–H groups in total. The van der Waals surface area contributed by atoms with E-state index in [2.05, 4.69) is 25.9 Å². The van der Waals surface area contributed by atoms with Crippen molar-refractivity contribution in [2.75, 3.05) is 0 Å². The highest BCUT2D eigenvalue weighted by molar-refractivity contribution is 9.10. The van der Waals surface area contributed by atoms with E-state index in [0.717, 1.165) is 6.20 Å². The number of rotatable bonds is 1. The van der Waals surface area contributed by atoms with Gasteiger partial charge < -0.3 is 4.98 Å². The first-order valence-electron chi connectivity index (χ1n) is 3.93. The van der Waals surface area contributed by atoms with Crippen molar-refractivity contribution in [2.45, 2.75) is 6.92 Å². The van der Waals surface area contributed by atoms with Crippen LogP contribution in [0.3, 0.4) is 0 Å². The molecule has 0 amide bonds. The lowest BCUT2D eigenvalue weighted by atomic mass is 10.1. The molecule has 0 saturated carbocycles. The van der Waals surface area contributed by atoms with Gasteiger partial charge in [-0.05, 0) is 22.9 Å². The molecular formula is C9H6BrFN2O. The van der Waals surface area contributed by atoms with E-state index >= 15 is 0 Å². The molecule has 2 aromatic rings. The second-order valence-electron chi connectivity index (χ2n) is 2.91. The largest absolute Gasteiger partial charge is 0.358 e. The maximum atomic E-state index is 13.4. The Labute approximate surface area is 87.5 Å². The molecule has 0 aromatic carbocycles. The van der Waals surface area contributed by atoms with Gasteiger partial charge in [0.05, 0.1) is 17.1 Å². The van der Waals surface area contributed by atoms with Crippen LogP contribution in [0.15, 0.2) is 17.0 Å². The van der Waals surface area contributed by atoms with Crippen LogP contribution >= 0.6 is 15.9 Å². The molecular weight excluding hydrogens is 251 g/mol. The number of hydrogen-bond donors (Lipinski definition) is 1. The number of halogens is 2. The third-order valence-corrected chi connectivity index (χ3v) is 2.60. The Bertz CT molecular complexity index is 521. The summed E-state index contributed by atoms with van der Waals surface area (Å²) in [6, 6.07) is 0. The van der Waals surface area contributed by atoms with Gasteiger partial charge in [-0.15, -0.1) is 0 Å². The fraction of sp³-hybridized carbons (Fsp3) is 0.111. The van der Waals surface area contributed by atoms with Crippen molar-refractivity contribution >= 4 is 32.6 Å². The topological polar surface area (TPSA) is 45.8 Å². The molecule has 0 spiro atoms. The second kappa shape index (κ2) is 3.16. The van der Waals surface area contributed by atoms with Crippen LogP contribution in [0.2, 0.25) is 0 Å². The molecule has 0 aliphatic carbocycles. The van der Waals surface area contributed by atoms with Gasteiger partial charge in [-0.25, -0.2) is 9.37 Å². The number of nitrogens with one attached hydrogen (secondary N) is 1. The van der Waals surface area contributed by atoms with Crippen LogP contribution in [0.25, 0.3) is 10.9 Å². The van der Waals surface area contributed by atoms with E-state index in [-0.39, 0.29) is 5.78 Å². The van der Waals surface area contributed by atoms with Crippen molar-refractivity contribution in [2.24, 2.45) is 0 Å². The summed E-state index contributed by atoms with van der Waals surface area (Å²) in [6.07, 6.45) is 2.58. The summed E-state index contributed by atoms with van der Waals surface area (Å²) in [7, 11) is 0. The predicted molar refractivity (Wildman–Crippen MR) is 53.8 cm³/mol. The van der Waals surface area contributed by atoms with E-state index in [4.69, 9.17) is 0 Å². The smallest absolute Gasteiger partial charge is 0.162 e. The molecule has 3 nitrogen and oxygen atoms in total. The minimum Gasteiger partial charge on any atom is -0.358 e. The van der Waals surface area contributed by atoms with E-state index in [1.165, 1.54) is 13.1 Å². The zero-order valence-corrected chi connectivity index (χ0v) is 8.85. The van der Waals surface area contributed by atoms with E-state index < -0.39 is 5.82 Å². The van der Waals surface area contributed by atoms with Crippen LogP contribution in [0.4, 0.5) is 4.39 Å². The minimum absolute atomic E-state index is 0.173. The number of carbonyl (C=O) groups excluding carboxylic acids is 1. The number of aromatic nitrogens is 2. The summed E-state index contributed by atoms with van der Waals surface area (Å²) in [5.74, 6) is -0.664. The molecule has 0 fully saturated rings. The third-order valence-electron chi connectivity index (χ3n) is 2.00. The number of carbonyl (C=O) groups is 1. The second-order valence-corrected chi connectivity index (χ2v) is 3.66. The molecule has 0 aliphatic heterocycles. The molecule has 2 rings (SSSR count). The van der Waals surface area contributed by atoms with Gasteiger partial charge in [0.15, 0.2) is 11.6 Å². The van der Waals surface area contributed by atoms with Gasteiger partial charge in [0.25, 0.3) is 0 Å². The van der Waals surface area contributed by atoms with Gasteiger partial charge in [0.1, 0.15) is 4.60 Å². The monoisotopic (exact) mass is 256 g/mol. The number of fused-ring (bicyclic) bond motifs is 1. The number of aromatic amines is 1. The first-order valence-corrected chi connectivity index (χ1v) is 4.72. The number of pyridine rings is 1. The van der Waals surface area contributed by atoms with E-state index in [0.29, 0.717) is 21.1 Å². The summed E-state index contributed by atoms with van der Waals surface area (Å²) in [5, 5.41) is 0.291. The molecule has 0 atom stereocenters. The van der Waals surface area contributed by atoms with Gasteiger partial charge in [0, 0.05) is 11.8 Å². The first-order chi connectivity index (χ1) is 6.61. The lowest BCUT2D eigenvalue weighted by Gasteiger charge is -1.96. The Hall–Kier alpha value is -1.23. The summed E-state index contributed by atoms with van der Waals surface area (Å²) >= 11 is 3.17. The maximum Gasteiger partial charge on any atom is 0.162 e. The standard InChI is InChI=1S/C9H6BrFN2O/c1-4(14)5-2-12-8-7(5)6(11)3-13-9(8)10/h2-3,12H,1H3. The van der Waals surface area contributed by atoms with E-state index in [9.17, 15) is 9.18 Å². The molecule has 2 heterocycles. The molecule has 2 aromatic heterocycles. The van der Waals surface area contributed by atoms with Crippen LogP contribution < -0.4 is 0 Å². The summed E-state index contributed by atoms with van der Waals surface area (Å²) in [5.41, 5.74) is 0.857. The van der Waals surface area contributed by atoms with Crippen molar-refractivity contribution in [3.8, 4) is 0 Å². The number of hydrogen-bond acceptors (Lipinski definition) is 2. The van der Waals surface area contributed by atoms with E-state index in [1.807, 2.05) is 0 Å². The Kier molecular flexibility index (Phi) is 2.11. The molecule has 0 bridgehead atoms. The van der Waals surface area contributed by atoms with E-state index in [1.54, 1.807) is 0 Å². The highest BCUT2D eigenvalue weighted by atomic mass is 79.9. The third kappa shape index (κ3) is 1.24. The lowest BCUT2D eigenvalue weighted by Crippen LogP contribution is -1.92. The van der Waals surface area contributed by atoms with Crippen molar-refractivity contribution in [1.82, 2.24) is 9.97 Å². The molecule has 5 heteroatoms. The quantitative estimate of drug-likeness (QED) is 0.630. The number of ketones is 1. The minimum atomic E-state index is -0.491. The predicted octanol–water partition coefficient (Wildman–Crippen LogP) is 2.67. The highest BCUT2D eigenvalue weighted by Gasteiger charge is 2.14. The lowest BCUT2D eigenvalue weighted by molar-refractivity contribution is 0.101. The van der Waals surface area contributed by atoms with Crippen LogP contribution in [-0.2, 0) is 0 Å². The first kappa shape index (κ1) is 9.33. The van der Waals surface area contributed by atoms with Gasteiger partial charge in [-0.1, -0.05) is 0 Å². The van der Waals surface area contributed by atoms with Gasteiger partial charge in [-0.3, -0.25) is 4.79 Å². The molecule has 0 aliphatic rings. The van der Waals surface area contributed by atoms with Crippen LogP contribution in [0.1, 0.15) is 17.3 Å². The molecule has 14 heavy (non-hydrogen) atoms. The summed E-state index contributed by atoms with van der Waals surface area (Å²) in [6.45, 7) is 1.40. The van der Waals surface area contributed by atoms with Gasteiger partial charge >= 0.3 is 0 Å². The molecule has 0 radical (unpaired) electrons. The Morgan fingerprint density at radius 2 is 2.36 bits per heavy atom. The van der Waals surface area contributed by atoms with Crippen molar-refractivity contribution in [1.29, 1.82) is 0 Å². The fourth-order valence-corrected chi connectivity index (χ4v) is 1.77. The van der Waals surface area contributed by atoms with Crippen molar-refractivity contribution in [3.05, 3.63) is 28.4 Å². The van der Waals surface area contributed by atoms with Crippen molar-refractivity contribution in [3.63, 3.8) is 0 Å². The number of Topliss-reactive ketones (excluding diaryl/α,β-unsaturated/α-hetero) is 1. The zero-order chi connectivity index (χ0) is 10.3. The van der Waals surface area contributed by atoms with Gasteiger partial charge in [-0.2, -0.15) is 0 Å². The number of nitrogens with zero attached hydrogens (tertiary/aromatic N) is 1. The SMILES string of the molecule is CC(=O)c1c[nH]c2c(Br)ncc(F)c12. The van der Waals surface area contributed by atoms with Crippen LogP contribution in [0.5, 0.6) is 0 Å². The van der Waals surface area contributed by atoms with Crippen molar-refractivity contribution < 1.29 is 9.18 Å². The summed E-state index contributed by atoms with van der Waals surface area (Å²) < 4.78 is 13.9. The highest BCUT2D eigenvalue weighted by Crippen LogP contribution is 2.26. The fourth-order valence-electron chi connectivity index (χ4n) is 1.35. The number of H-pyrrole nitrogens is 1. The molecule has 0 saturated heterocycles. The normalized spacial score (nSPS) is 10.8. The zero-order valence-electron chi connectivity index (χ0n) is 7.27. The summed E-state index contributed by atoms with van der Waals surface area (Å²) in [4.78, 5) is 17.7. The average Bonchev–Trinajstić information content (AvgIpc) is 2.56.